The lowest BCUT2D eigenvalue weighted by Gasteiger charge is -2.47. The fraction of sp³-hybridized carbons (Fsp3) is 0.524. The SMILES string of the molecule is CC(=O)S[C@@H](Cc1ccc2c(c1)OCO2)C(=O)NC1CCN2CCC[C@@H](C(=O)O)N2C1=O. The minimum atomic E-state index is -1.05. The highest BCUT2D eigenvalue weighted by Crippen LogP contribution is 2.33. The van der Waals surface area contributed by atoms with E-state index in [9.17, 15) is 24.3 Å². The van der Waals surface area contributed by atoms with Gasteiger partial charge >= 0.3 is 5.97 Å². The van der Waals surface area contributed by atoms with Crippen LogP contribution in [0.3, 0.4) is 0 Å². The van der Waals surface area contributed by atoms with Crippen LogP contribution in [0.25, 0.3) is 0 Å². The van der Waals surface area contributed by atoms with Crippen molar-refractivity contribution in [2.24, 2.45) is 0 Å². The number of hydrazine groups is 1. The maximum absolute atomic E-state index is 13.1. The second-order valence-electron chi connectivity index (χ2n) is 7.97. The van der Waals surface area contributed by atoms with Crippen LogP contribution in [-0.2, 0) is 25.6 Å². The van der Waals surface area contributed by atoms with Crippen molar-refractivity contribution in [2.45, 2.75) is 49.9 Å². The van der Waals surface area contributed by atoms with Crippen LogP contribution in [0, 0.1) is 0 Å². The predicted octanol–water partition coefficient (Wildman–Crippen LogP) is 0.787. The van der Waals surface area contributed by atoms with Crippen LogP contribution in [0.4, 0.5) is 0 Å². The first kappa shape index (κ1) is 22.4. The lowest BCUT2D eigenvalue weighted by molar-refractivity contribution is -0.183. The number of nitrogens with zero attached hydrogens (tertiary/aromatic N) is 2. The summed E-state index contributed by atoms with van der Waals surface area (Å²) in [5.41, 5.74) is 0.797. The van der Waals surface area contributed by atoms with Crippen molar-refractivity contribution in [2.75, 3.05) is 19.9 Å². The molecule has 172 valence electrons. The lowest BCUT2D eigenvalue weighted by atomic mass is 10.0. The highest BCUT2D eigenvalue weighted by molar-refractivity contribution is 8.14. The summed E-state index contributed by atoms with van der Waals surface area (Å²) in [4.78, 5) is 49.5. The second-order valence-corrected chi connectivity index (χ2v) is 9.35. The number of hydrogen-bond donors (Lipinski definition) is 2. The zero-order valence-corrected chi connectivity index (χ0v) is 18.4. The molecule has 2 amide bonds. The van der Waals surface area contributed by atoms with E-state index in [1.165, 1.54) is 11.9 Å². The Hall–Kier alpha value is -2.79. The quantitative estimate of drug-likeness (QED) is 0.630. The lowest BCUT2D eigenvalue weighted by Crippen LogP contribution is -2.66. The molecule has 3 heterocycles. The third-order valence-electron chi connectivity index (χ3n) is 5.75. The summed E-state index contributed by atoms with van der Waals surface area (Å²) in [5, 5.41) is 14.4. The Labute approximate surface area is 189 Å². The van der Waals surface area contributed by atoms with Crippen molar-refractivity contribution in [3.05, 3.63) is 23.8 Å². The molecule has 10 nitrogen and oxygen atoms in total. The van der Waals surface area contributed by atoms with Crippen LogP contribution in [0.5, 0.6) is 11.5 Å². The Balaban J connectivity index is 1.46. The Morgan fingerprint density at radius 1 is 1.22 bits per heavy atom. The van der Waals surface area contributed by atoms with Crippen LogP contribution in [-0.4, -0.2) is 75.2 Å². The molecule has 3 atom stereocenters. The van der Waals surface area contributed by atoms with E-state index in [4.69, 9.17) is 9.47 Å². The number of rotatable bonds is 6. The summed E-state index contributed by atoms with van der Waals surface area (Å²) < 4.78 is 10.7. The number of ether oxygens (including phenoxy) is 2. The van der Waals surface area contributed by atoms with Gasteiger partial charge in [-0.25, -0.2) is 9.80 Å². The molecule has 32 heavy (non-hydrogen) atoms. The summed E-state index contributed by atoms with van der Waals surface area (Å²) in [5.74, 6) is -0.699. The van der Waals surface area contributed by atoms with Crippen LogP contribution >= 0.6 is 11.8 Å². The number of thioether (sulfide) groups is 1. The van der Waals surface area contributed by atoms with Gasteiger partial charge in [0.15, 0.2) is 16.6 Å². The molecule has 0 aromatic heterocycles. The summed E-state index contributed by atoms with van der Waals surface area (Å²) in [6, 6.07) is 3.59. The molecule has 11 heteroatoms. The zero-order valence-electron chi connectivity index (χ0n) is 17.6. The zero-order chi connectivity index (χ0) is 22.8. The van der Waals surface area contributed by atoms with Crippen molar-refractivity contribution in [1.82, 2.24) is 15.3 Å². The van der Waals surface area contributed by atoms with Gasteiger partial charge in [-0.15, -0.1) is 0 Å². The molecule has 2 N–H and O–H groups in total. The number of benzene rings is 1. The van der Waals surface area contributed by atoms with E-state index in [0.717, 1.165) is 17.3 Å². The number of nitrogens with one attached hydrogen (secondary N) is 1. The maximum Gasteiger partial charge on any atom is 0.328 e. The molecule has 4 rings (SSSR count). The molecular weight excluding hydrogens is 438 g/mol. The highest BCUT2D eigenvalue weighted by Gasteiger charge is 2.44. The van der Waals surface area contributed by atoms with Crippen molar-refractivity contribution >= 4 is 34.7 Å². The largest absolute Gasteiger partial charge is 0.480 e. The van der Waals surface area contributed by atoms with Crippen molar-refractivity contribution in [3.8, 4) is 11.5 Å². The predicted molar refractivity (Wildman–Crippen MR) is 114 cm³/mol. The molecule has 1 aromatic carbocycles. The van der Waals surface area contributed by atoms with Gasteiger partial charge < -0.3 is 19.9 Å². The standard InChI is InChI=1S/C21H25N3O7S/c1-12(25)32-18(10-13-4-5-16-17(9-13)31-11-30-16)19(26)22-14-6-8-23-7-2-3-15(21(28)29)24(23)20(14)27/h4-5,9,14-15,18H,2-3,6-8,10-11H2,1H3,(H,22,26)(H,28,29)/t14?,15-,18-/m0/s1. The Bertz CT molecular complexity index is 940. The van der Waals surface area contributed by atoms with E-state index in [-0.39, 0.29) is 18.3 Å². The summed E-state index contributed by atoms with van der Waals surface area (Å²) in [6.07, 6.45) is 1.73. The van der Waals surface area contributed by atoms with Gasteiger partial charge in [0.1, 0.15) is 12.1 Å². The smallest absolute Gasteiger partial charge is 0.328 e. The first-order valence-electron chi connectivity index (χ1n) is 10.5. The van der Waals surface area contributed by atoms with Crippen molar-refractivity contribution < 1.29 is 33.8 Å². The number of amides is 2. The monoisotopic (exact) mass is 463 g/mol. The van der Waals surface area contributed by atoms with E-state index in [2.05, 4.69) is 5.32 Å². The van der Waals surface area contributed by atoms with Gasteiger partial charge in [0.05, 0.1) is 5.25 Å². The van der Waals surface area contributed by atoms with Gasteiger partial charge in [-0.05, 0) is 43.4 Å². The van der Waals surface area contributed by atoms with E-state index in [1.807, 2.05) is 6.07 Å². The van der Waals surface area contributed by atoms with Gasteiger partial charge in [-0.1, -0.05) is 17.8 Å². The van der Waals surface area contributed by atoms with Crippen LogP contribution < -0.4 is 14.8 Å². The molecule has 1 unspecified atom stereocenters. The first-order valence-corrected chi connectivity index (χ1v) is 11.4. The van der Waals surface area contributed by atoms with Gasteiger partial charge in [-0.2, -0.15) is 0 Å². The summed E-state index contributed by atoms with van der Waals surface area (Å²) in [7, 11) is 0. The number of carbonyl (C=O) groups excluding carboxylic acids is 3. The minimum absolute atomic E-state index is 0.138. The molecule has 0 aliphatic carbocycles. The summed E-state index contributed by atoms with van der Waals surface area (Å²) in [6.45, 7) is 2.62. The molecule has 1 aromatic rings. The third kappa shape index (κ3) is 4.68. The molecule has 0 bridgehead atoms. The molecule has 0 saturated carbocycles. The fourth-order valence-electron chi connectivity index (χ4n) is 4.26. The van der Waals surface area contributed by atoms with E-state index in [1.54, 1.807) is 17.1 Å². The van der Waals surface area contributed by atoms with Crippen LogP contribution in [0.15, 0.2) is 18.2 Å². The Kier molecular flexibility index (Phi) is 6.56. The third-order valence-corrected chi connectivity index (χ3v) is 6.75. The van der Waals surface area contributed by atoms with Gasteiger partial charge in [0, 0.05) is 20.0 Å². The van der Waals surface area contributed by atoms with Crippen LogP contribution in [0.1, 0.15) is 31.7 Å². The highest BCUT2D eigenvalue weighted by atomic mass is 32.2. The minimum Gasteiger partial charge on any atom is -0.480 e. The molecule has 0 spiro atoms. The fourth-order valence-corrected chi connectivity index (χ4v) is 5.12. The molecule has 2 saturated heterocycles. The average molecular weight is 464 g/mol. The maximum atomic E-state index is 13.1. The molecular formula is C21H25N3O7S. The number of carboxylic acids is 1. The van der Waals surface area contributed by atoms with E-state index >= 15 is 0 Å². The van der Waals surface area contributed by atoms with Crippen molar-refractivity contribution in [1.29, 1.82) is 0 Å². The average Bonchev–Trinajstić information content (AvgIpc) is 3.22. The Morgan fingerprint density at radius 2 is 2.00 bits per heavy atom. The molecule has 3 aliphatic rings. The summed E-state index contributed by atoms with van der Waals surface area (Å²) >= 11 is 0.901. The van der Waals surface area contributed by atoms with Crippen LogP contribution in [0.2, 0.25) is 0 Å². The number of hydrogen-bond acceptors (Lipinski definition) is 8. The van der Waals surface area contributed by atoms with Gasteiger partial charge in [-0.3, -0.25) is 19.4 Å². The number of carbonyl (C=O) groups is 4. The number of fused-ring (bicyclic) bond motifs is 2. The topological polar surface area (TPSA) is 125 Å². The second kappa shape index (κ2) is 9.37. The number of carboxylic acid groups (broad SMARTS) is 1. The Morgan fingerprint density at radius 3 is 2.75 bits per heavy atom. The van der Waals surface area contributed by atoms with Gasteiger partial charge in [0.25, 0.3) is 5.91 Å². The molecule has 3 aliphatic heterocycles. The number of aliphatic carboxylic acids is 1. The van der Waals surface area contributed by atoms with Gasteiger partial charge in [0.2, 0.25) is 12.7 Å². The molecule has 2 fully saturated rings. The van der Waals surface area contributed by atoms with Crippen molar-refractivity contribution in [3.63, 3.8) is 0 Å². The normalized spacial score (nSPS) is 23.4. The first-order chi connectivity index (χ1) is 15.3. The molecule has 0 radical (unpaired) electrons. The van der Waals surface area contributed by atoms with E-state index in [0.29, 0.717) is 43.9 Å². The van der Waals surface area contributed by atoms with E-state index < -0.39 is 35.1 Å².